The van der Waals surface area contributed by atoms with E-state index in [9.17, 15) is 0 Å². The number of aromatic nitrogens is 3. The van der Waals surface area contributed by atoms with Crippen LogP contribution in [0.25, 0.3) is 27.8 Å². The maximum atomic E-state index is 4.85. The van der Waals surface area contributed by atoms with Crippen molar-refractivity contribution in [3.63, 3.8) is 0 Å². The van der Waals surface area contributed by atoms with Crippen LogP contribution in [0.4, 0.5) is 17.1 Å². The summed E-state index contributed by atoms with van der Waals surface area (Å²) in [6.07, 6.45) is 3.77. The Morgan fingerprint density at radius 3 is 2.03 bits per heavy atom. The molecule has 0 N–H and O–H groups in total. The molecule has 0 aliphatic carbocycles. The summed E-state index contributed by atoms with van der Waals surface area (Å²) in [5.74, 6) is 0.994. The molecule has 7 rings (SSSR count). The molecule has 4 heteroatoms. The van der Waals surface area contributed by atoms with E-state index in [1.165, 1.54) is 16.6 Å². The van der Waals surface area contributed by atoms with Gasteiger partial charge in [0, 0.05) is 45.8 Å². The second kappa shape index (κ2) is 7.28. The van der Waals surface area contributed by atoms with E-state index < -0.39 is 0 Å². The fourth-order valence-electron chi connectivity index (χ4n) is 5.58. The molecule has 3 aromatic heterocycles. The number of hydrogen-bond acceptors (Lipinski definition) is 3. The van der Waals surface area contributed by atoms with Gasteiger partial charge in [-0.15, -0.1) is 0 Å². The summed E-state index contributed by atoms with van der Waals surface area (Å²) in [6, 6.07) is 34.2. The Balaban J connectivity index is 1.62. The van der Waals surface area contributed by atoms with Crippen molar-refractivity contribution in [2.45, 2.75) is 19.3 Å². The van der Waals surface area contributed by atoms with Gasteiger partial charge in [0.2, 0.25) is 0 Å². The van der Waals surface area contributed by atoms with Crippen LogP contribution in [-0.4, -0.2) is 14.5 Å². The lowest BCUT2D eigenvalue weighted by molar-refractivity contribution is 0.624. The van der Waals surface area contributed by atoms with E-state index in [2.05, 4.69) is 108 Å². The van der Waals surface area contributed by atoms with Gasteiger partial charge in [0.1, 0.15) is 5.82 Å². The predicted octanol–water partition coefficient (Wildman–Crippen LogP) is 7.68. The Morgan fingerprint density at radius 1 is 0.657 bits per heavy atom. The molecule has 0 saturated heterocycles. The van der Waals surface area contributed by atoms with Crippen LogP contribution >= 0.6 is 0 Å². The van der Waals surface area contributed by atoms with Crippen LogP contribution in [0, 0.1) is 0 Å². The molecule has 0 spiro atoms. The minimum Gasteiger partial charge on any atom is -0.310 e. The largest absolute Gasteiger partial charge is 0.310 e. The SMILES string of the molecule is CC1(C)c2cccnc2-n2c3cccnc3c3cc(N(c4ccccc4)c4ccccc4)cc1c32. The molecule has 0 atom stereocenters. The number of anilines is 3. The highest BCUT2D eigenvalue weighted by atomic mass is 15.1. The van der Waals surface area contributed by atoms with E-state index in [1.54, 1.807) is 0 Å². The van der Waals surface area contributed by atoms with Crippen molar-refractivity contribution in [1.82, 2.24) is 14.5 Å². The van der Waals surface area contributed by atoms with E-state index in [4.69, 9.17) is 9.97 Å². The smallest absolute Gasteiger partial charge is 0.141 e. The molecule has 4 heterocycles. The first-order valence-corrected chi connectivity index (χ1v) is 11.9. The number of nitrogens with zero attached hydrogens (tertiary/aromatic N) is 4. The summed E-state index contributed by atoms with van der Waals surface area (Å²) in [7, 11) is 0. The third kappa shape index (κ3) is 2.80. The third-order valence-electron chi connectivity index (χ3n) is 7.23. The van der Waals surface area contributed by atoms with Crippen molar-refractivity contribution >= 4 is 39.0 Å². The van der Waals surface area contributed by atoms with Gasteiger partial charge in [-0.3, -0.25) is 9.55 Å². The lowest BCUT2D eigenvalue weighted by atomic mass is 9.75. The topological polar surface area (TPSA) is 34.0 Å². The van der Waals surface area contributed by atoms with Crippen molar-refractivity contribution in [2.24, 2.45) is 0 Å². The predicted molar refractivity (Wildman–Crippen MR) is 143 cm³/mol. The van der Waals surface area contributed by atoms with Gasteiger partial charge in [0.25, 0.3) is 0 Å². The van der Waals surface area contributed by atoms with Crippen molar-refractivity contribution in [3.05, 3.63) is 121 Å². The lowest BCUT2D eigenvalue weighted by Gasteiger charge is -2.35. The summed E-state index contributed by atoms with van der Waals surface area (Å²) in [5.41, 5.74) is 8.92. The van der Waals surface area contributed by atoms with Crippen molar-refractivity contribution in [3.8, 4) is 5.82 Å². The van der Waals surface area contributed by atoms with Crippen LogP contribution in [0.15, 0.2) is 109 Å². The van der Waals surface area contributed by atoms with E-state index in [0.29, 0.717) is 0 Å². The van der Waals surface area contributed by atoms with Gasteiger partial charge in [-0.1, -0.05) is 56.3 Å². The fourth-order valence-corrected chi connectivity index (χ4v) is 5.58. The van der Waals surface area contributed by atoms with Crippen molar-refractivity contribution in [1.29, 1.82) is 0 Å². The molecule has 0 radical (unpaired) electrons. The van der Waals surface area contributed by atoms with E-state index in [0.717, 1.165) is 39.3 Å². The molecule has 168 valence electrons. The highest BCUT2D eigenvalue weighted by Crippen LogP contribution is 2.49. The monoisotopic (exact) mass is 452 g/mol. The molecule has 1 aliphatic rings. The molecule has 6 aromatic rings. The summed E-state index contributed by atoms with van der Waals surface area (Å²) in [5, 5.41) is 1.15. The van der Waals surface area contributed by atoms with Gasteiger partial charge >= 0.3 is 0 Å². The summed E-state index contributed by atoms with van der Waals surface area (Å²) in [4.78, 5) is 12.0. The van der Waals surface area contributed by atoms with Gasteiger partial charge in [-0.05, 0) is 60.2 Å². The first-order chi connectivity index (χ1) is 17.1. The lowest BCUT2D eigenvalue weighted by Crippen LogP contribution is -2.27. The number of fused-ring (bicyclic) bond motifs is 5. The van der Waals surface area contributed by atoms with Crippen LogP contribution in [0.1, 0.15) is 25.0 Å². The highest BCUT2D eigenvalue weighted by molar-refractivity contribution is 6.11. The molecule has 0 fully saturated rings. The molecule has 0 bridgehead atoms. The number of benzene rings is 3. The van der Waals surface area contributed by atoms with Crippen molar-refractivity contribution < 1.29 is 0 Å². The van der Waals surface area contributed by atoms with Gasteiger partial charge < -0.3 is 4.90 Å². The normalized spacial score (nSPS) is 13.7. The minimum absolute atomic E-state index is 0.221. The Bertz CT molecular complexity index is 1680. The van der Waals surface area contributed by atoms with E-state index in [1.807, 2.05) is 24.5 Å². The maximum Gasteiger partial charge on any atom is 0.141 e. The van der Waals surface area contributed by atoms with Crippen LogP contribution in [0.2, 0.25) is 0 Å². The van der Waals surface area contributed by atoms with E-state index in [-0.39, 0.29) is 5.41 Å². The number of pyridine rings is 2. The van der Waals surface area contributed by atoms with Crippen LogP contribution in [-0.2, 0) is 5.41 Å². The second-order valence-corrected chi connectivity index (χ2v) is 9.60. The Labute approximate surface area is 204 Å². The fraction of sp³-hybridized carbons (Fsp3) is 0.0968. The molecule has 0 amide bonds. The summed E-state index contributed by atoms with van der Waals surface area (Å²) in [6.45, 7) is 4.60. The van der Waals surface area contributed by atoms with Gasteiger partial charge in [-0.2, -0.15) is 0 Å². The molecular weight excluding hydrogens is 428 g/mol. The molecule has 0 unspecified atom stereocenters. The first kappa shape index (κ1) is 20.0. The third-order valence-corrected chi connectivity index (χ3v) is 7.23. The average Bonchev–Trinajstić information content (AvgIpc) is 3.24. The average molecular weight is 453 g/mol. The summed E-state index contributed by atoms with van der Waals surface area (Å²) < 4.78 is 2.30. The Hall–Kier alpha value is -4.44. The molecule has 35 heavy (non-hydrogen) atoms. The van der Waals surface area contributed by atoms with Crippen LogP contribution < -0.4 is 4.90 Å². The first-order valence-electron chi connectivity index (χ1n) is 11.9. The van der Waals surface area contributed by atoms with Gasteiger partial charge in [0.15, 0.2) is 0 Å². The molecule has 4 nitrogen and oxygen atoms in total. The highest BCUT2D eigenvalue weighted by Gasteiger charge is 2.37. The maximum absolute atomic E-state index is 4.85. The molecule has 0 saturated carbocycles. The second-order valence-electron chi connectivity index (χ2n) is 9.60. The quantitative estimate of drug-likeness (QED) is 0.276. The van der Waals surface area contributed by atoms with Gasteiger partial charge in [-0.25, -0.2) is 4.98 Å². The van der Waals surface area contributed by atoms with Gasteiger partial charge in [0.05, 0.1) is 16.6 Å². The Kier molecular flexibility index (Phi) is 4.15. The van der Waals surface area contributed by atoms with Crippen LogP contribution in [0.3, 0.4) is 0 Å². The summed E-state index contributed by atoms with van der Waals surface area (Å²) >= 11 is 0. The molecule has 3 aromatic carbocycles. The molecular formula is C31H24N4. The van der Waals surface area contributed by atoms with E-state index >= 15 is 0 Å². The number of para-hydroxylation sites is 2. The number of hydrogen-bond donors (Lipinski definition) is 0. The zero-order chi connectivity index (χ0) is 23.6. The number of rotatable bonds is 3. The molecule has 1 aliphatic heterocycles. The Morgan fingerprint density at radius 2 is 1.31 bits per heavy atom. The zero-order valence-corrected chi connectivity index (χ0v) is 19.7. The van der Waals surface area contributed by atoms with Crippen molar-refractivity contribution in [2.75, 3.05) is 4.90 Å². The zero-order valence-electron chi connectivity index (χ0n) is 19.7. The van der Waals surface area contributed by atoms with Crippen LogP contribution in [0.5, 0.6) is 0 Å². The minimum atomic E-state index is -0.221. The standard InChI is InChI=1S/C31H24N4/c1-31(2)25-15-9-18-33-30(25)35-27-16-10-17-32-28(27)24-19-23(20-26(31)29(24)35)34(21-11-5-3-6-12-21)22-13-7-4-8-14-22/h3-20H,1-2H3.